The molecule has 4 aromatic rings. The molecule has 5 rings (SSSR count). The minimum absolute atomic E-state index is 0.0411. The Labute approximate surface area is 166 Å². The molecule has 0 saturated carbocycles. The molecular weight excluding hydrogens is 368 g/mol. The van der Waals surface area contributed by atoms with Gasteiger partial charge in [-0.1, -0.05) is 24.3 Å². The van der Waals surface area contributed by atoms with E-state index < -0.39 is 0 Å². The fourth-order valence-electron chi connectivity index (χ4n) is 3.86. The first-order chi connectivity index (χ1) is 13.5. The van der Waals surface area contributed by atoms with E-state index in [-0.39, 0.29) is 11.3 Å². The number of pyridine rings is 1. The van der Waals surface area contributed by atoms with Crippen LogP contribution in [0.25, 0.3) is 22.0 Å². The molecule has 3 aromatic carbocycles. The highest BCUT2D eigenvalue weighted by molar-refractivity contribution is 7.80. The number of thiol groups is 1. The van der Waals surface area contributed by atoms with Gasteiger partial charge in [0, 0.05) is 34.6 Å². The van der Waals surface area contributed by atoms with E-state index in [1.165, 1.54) is 0 Å². The van der Waals surface area contributed by atoms with Gasteiger partial charge >= 0.3 is 0 Å². The molecule has 1 N–H and O–H groups in total. The van der Waals surface area contributed by atoms with Gasteiger partial charge in [-0.3, -0.25) is 9.59 Å². The molecule has 1 heterocycles. The highest BCUT2D eigenvalue weighted by Gasteiger charge is 2.28. The number of carbonyl (C=O) groups excluding carboxylic acids is 1. The second kappa shape index (κ2) is 6.11. The number of carbonyl (C=O) groups is 1. The minimum atomic E-state index is -0.0947. The lowest BCUT2D eigenvalue weighted by molar-refractivity contribution is 0.104. The molecule has 0 fully saturated rings. The van der Waals surface area contributed by atoms with Gasteiger partial charge in [0.15, 0.2) is 5.78 Å². The summed E-state index contributed by atoms with van der Waals surface area (Å²) in [4.78, 5) is 26.8. The summed E-state index contributed by atoms with van der Waals surface area (Å²) in [6.45, 7) is 0. The zero-order valence-corrected chi connectivity index (χ0v) is 16.0. The Morgan fingerprint density at radius 3 is 2.32 bits per heavy atom. The van der Waals surface area contributed by atoms with Crippen molar-refractivity contribution in [1.82, 2.24) is 4.57 Å². The van der Waals surface area contributed by atoms with Crippen molar-refractivity contribution in [3.63, 3.8) is 0 Å². The first-order valence-corrected chi connectivity index (χ1v) is 9.36. The predicted molar refractivity (Wildman–Crippen MR) is 115 cm³/mol. The highest BCUT2D eigenvalue weighted by Crippen LogP contribution is 2.41. The van der Waals surface area contributed by atoms with Crippen molar-refractivity contribution in [3.8, 4) is 11.1 Å². The van der Waals surface area contributed by atoms with Gasteiger partial charge in [0.2, 0.25) is 0 Å². The number of hydrogen-bond donors (Lipinski definition) is 2. The van der Waals surface area contributed by atoms with Crippen LogP contribution < -0.4 is 10.9 Å². The van der Waals surface area contributed by atoms with Crippen molar-refractivity contribution in [2.24, 2.45) is 7.05 Å². The number of fused-ring (bicyclic) bond motifs is 2. The van der Waals surface area contributed by atoms with Crippen molar-refractivity contribution < 1.29 is 4.79 Å². The van der Waals surface area contributed by atoms with Crippen LogP contribution in [0.5, 0.6) is 0 Å². The van der Waals surface area contributed by atoms with Crippen LogP contribution in [0.1, 0.15) is 15.9 Å². The monoisotopic (exact) mass is 384 g/mol. The van der Waals surface area contributed by atoms with E-state index in [0.29, 0.717) is 11.1 Å². The summed E-state index contributed by atoms with van der Waals surface area (Å²) in [6, 6.07) is 20.5. The maximum absolute atomic E-state index is 13.4. The Hall–Kier alpha value is -3.31. The van der Waals surface area contributed by atoms with E-state index in [1.807, 2.05) is 60.7 Å². The van der Waals surface area contributed by atoms with E-state index in [4.69, 9.17) is 0 Å². The first-order valence-electron chi connectivity index (χ1n) is 8.91. The van der Waals surface area contributed by atoms with Crippen LogP contribution in [-0.2, 0) is 7.05 Å². The molecule has 0 aliphatic heterocycles. The van der Waals surface area contributed by atoms with E-state index >= 15 is 0 Å². The number of hydrogen-bond acceptors (Lipinski definition) is 4. The van der Waals surface area contributed by atoms with Crippen molar-refractivity contribution in [2.45, 2.75) is 4.90 Å². The van der Waals surface area contributed by atoms with E-state index in [1.54, 1.807) is 17.7 Å². The number of aryl methyl sites for hydroxylation is 1. The summed E-state index contributed by atoms with van der Waals surface area (Å²) in [5.74, 6) is -0.0411. The molecule has 1 aromatic heterocycles. The Kier molecular flexibility index (Phi) is 3.67. The summed E-state index contributed by atoms with van der Waals surface area (Å²) < 4.78 is 1.59. The summed E-state index contributed by atoms with van der Waals surface area (Å²) in [5, 5.41) is 4.16. The third-order valence-corrected chi connectivity index (χ3v) is 5.55. The largest absolute Gasteiger partial charge is 0.355 e. The van der Waals surface area contributed by atoms with Gasteiger partial charge in [0.05, 0.1) is 16.8 Å². The molecule has 0 unspecified atom stereocenters. The van der Waals surface area contributed by atoms with Gasteiger partial charge in [-0.25, -0.2) is 0 Å². The number of rotatable bonds is 2. The molecule has 0 radical (unpaired) electrons. The second-order valence-corrected chi connectivity index (χ2v) is 7.40. The molecule has 1 aliphatic rings. The Bertz CT molecular complexity index is 1340. The van der Waals surface area contributed by atoms with Gasteiger partial charge in [-0.2, -0.15) is 0 Å². The molecule has 28 heavy (non-hydrogen) atoms. The standard InChI is InChI=1S/C23H16N2O2S/c1-25-19-11-10-18(24-13-6-8-14(28)9-7-13)22-21(19)17(12-20(25)26)15-4-2-3-5-16(15)23(22)27/h2-12,24,28H,1H3. The molecule has 1 aliphatic carbocycles. The topological polar surface area (TPSA) is 51.1 Å². The first kappa shape index (κ1) is 16.8. The van der Waals surface area contributed by atoms with Crippen LogP contribution >= 0.6 is 12.6 Å². The lowest BCUT2D eigenvalue weighted by Gasteiger charge is -2.23. The number of benzene rings is 3. The molecular formula is C23H16N2O2S. The summed E-state index contributed by atoms with van der Waals surface area (Å²) >= 11 is 4.32. The van der Waals surface area contributed by atoms with Crippen LogP contribution in [0.3, 0.4) is 0 Å². The molecule has 5 heteroatoms. The summed E-state index contributed by atoms with van der Waals surface area (Å²) in [5.41, 5.74) is 5.06. The molecule has 4 nitrogen and oxygen atoms in total. The van der Waals surface area contributed by atoms with Gasteiger partial charge in [-0.05, 0) is 47.5 Å². The minimum Gasteiger partial charge on any atom is -0.355 e. The van der Waals surface area contributed by atoms with Gasteiger partial charge in [0.1, 0.15) is 0 Å². The molecule has 0 bridgehead atoms. The van der Waals surface area contributed by atoms with Crippen molar-refractivity contribution in [2.75, 3.05) is 5.32 Å². The fraction of sp³-hybridized carbons (Fsp3) is 0.0435. The van der Waals surface area contributed by atoms with Crippen molar-refractivity contribution >= 4 is 40.7 Å². The third kappa shape index (κ3) is 2.40. The van der Waals surface area contributed by atoms with Crippen molar-refractivity contribution in [3.05, 3.63) is 88.2 Å². The average Bonchev–Trinajstić information content (AvgIpc) is 2.71. The predicted octanol–water partition coefficient (Wildman–Crippen LogP) is 4.78. The third-order valence-electron chi connectivity index (χ3n) is 5.25. The van der Waals surface area contributed by atoms with E-state index in [0.717, 1.165) is 38.3 Å². The smallest absolute Gasteiger partial charge is 0.251 e. The second-order valence-electron chi connectivity index (χ2n) is 6.88. The Balaban J connectivity index is 1.84. The van der Waals surface area contributed by atoms with Crippen LogP contribution in [0.4, 0.5) is 11.4 Å². The molecule has 0 amide bonds. The lowest BCUT2D eigenvalue weighted by atomic mass is 9.83. The Morgan fingerprint density at radius 2 is 1.57 bits per heavy atom. The van der Waals surface area contributed by atoms with Crippen LogP contribution in [0.15, 0.2) is 76.4 Å². The number of nitrogens with one attached hydrogen (secondary N) is 1. The molecule has 136 valence electrons. The maximum Gasteiger partial charge on any atom is 0.251 e. The van der Waals surface area contributed by atoms with E-state index in [9.17, 15) is 9.59 Å². The van der Waals surface area contributed by atoms with Gasteiger partial charge in [-0.15, -0.1) is 12.6 Å². The maximum atomic E-state index is 13.4. The number of aromatic nitrogens is 1. The SMILES string of the molecule is Cn1c(=O)cc2c3c(c(Nc4ccc(S)cc4)ccc31)C(=O)c1ccccc1-2. The van der Waals surface area contributed by atoms with E-state index in [2.05, 4.69) is 17.9 Å². The van der Waals surface area contributed by atoms with Crippen molar-refractivity contribution in [1.29, 1.82) is 0 Å². The van der Waals surface area contributed by atoms with Crippen LogP contribution in [0, 0.1) is 0 Å². The summed E-state index contributed by atoms with van der Waals surface area (Å²) in [6.07, 6.45) is 0. The Morgan fingerprint density at radius 1 is 0.857 bits per heavy atom. The number of anilines is 2. The van der Waals surface area contributed by atoms with Gasteiger partial charge in [0.25, 0.3) is 5.56 Å². The molecule has 0 spiro atoms. The van der Waals surface area contributed by atoms with Crippen LogP contribution in [0.2, 0.25) is 0 Å². The van der Waals surface area contributed by atoms with Crippen LogP contribution in [-0.4, -0.2) is 10.4 Å². The fourth-order valence-corrected chi connectivity index (χ4v) is 4.01. The zero-order valence-electron chi connectivity index (χ0n) is 15.1. The number of nitrogens with zero attached hydrogens (tertiary/aromatic N) is 1. The van der Waals surface area contributed by atoms with Gasteiger partial charge < -0.3 is 9.88 Å². The summed E-state index contributed by atoms with van der Waals surface area (Å²) in [7, 11) is 1.73. The lowest BCUT2D eigenvalue weighted by Crippen LogP contribution is -2.21. The highest BCUT2D eigenvalue weighted by atomic mass is 32.1. The number of ketones is 1. The quantitative estimate of drug-likeness (QED) is 0.431. The molecule has 0 saturated heterocycles. The molecule has 0 atom stereocenters. The average molecular weight is 384 g/mol. The zero-order chi connectivity index (χ0) is 19.4. The normalized spacial score (nSPS) is 12.1.